The van der Waals surface area contributed by atoms with E-state index in [0.29, 0.717) is 5.89 Å². The van der Waals surface area contributed by atoms with E-state index < -0.39 is 0 Å². The van der Waals surface area contributed by atoms with Gasteiger partial charge in [-0.25, -0.2) is 4.98 Å². The molecule has 3 nitrogen and oxygen atoms in total. The van der Waals surface area contributed by atoms with Gasteiger partial charge in [-0.3, -0.25) is 0 Å². The van der Waals surface area contributed by atoms with E-state index in [-0.39, 0.29) is 0 Å². The first-order valence-corrected chi connectivity index (χ1v) is 15.0. The lowest BCUT2D eigenvalue weighted by Crippen LogP contribution is -2.09. The molecule has 0 N–H and O–H groups in total. The van der Waals surface area contributed by atoms with Crippen LogP contribution in [0, 0.1) is 10.5 Å². The van der Waals surface area contributed by atoms with Crippen LogP contribution in [0.3, 0.4) is 0 Å². The van der Waals surface area contributed by atoms with Crippen molar-refractivity contribution in [3.63, 3.8) is 0 Å². The van der Waals surface area contributed by atoms with Gasteiger partial charge in [-0.1, -0.05) is 78.4 Å². The Labute approximate surface area is 259 Å². The number of hydrogen-bond donors (Lipinski definition) is 0. The van der Waals surface area contributed by atoms with Gasteiger partial charge < -0.3 is 9.32 Å². The molecule has 0 bridgehead atoms. The van der Waals surface area contributed by atoms with Crippen LogP contribution in [0.25, 0.3) is 44.8 Å². The average molecular weight is 655 g/mol. The maximum Gasteiger partial charge on any atom is 0.227 e. The summed E-state index contributed by atoms with van der Waals surface area (Å²) >= 11 is 2.35. The highest BCUT2D eigenvalue weighted by Crippen LogP contribution is 2.36. The molecule has 0 spiro atoms. The van der Waals surface area contributed by atoms with Gasteiger partial charge in [-0.05, 0) is 125 Å². The van der Waals surface area contributed by atoms with Gasteiger partial charge in [-0.2, -0.15) is 0 Å². The van der Waals surface area contributed by atoms with Crippen molar-refractivity contribution in [3.05, 3.63) is 155 Å². The highest BCUT2D eigenvalue weighted by atomic mass is 127. The molecule has 0 aliphatic carbocycles. The first-order valence-electron chi connectivity index (χ1n) is 13.9. The molecule has 7 aromatic rings. The van der Waals surface area contributed by atoms with Gasteiger partial charge in [0.15, 0.2) is 5.58 Å². The number of rotatable bonds is 6. The summed E-state index contributed by atoms with van der Waals surface area (Å²) in [6.45, 7) is 2.12. The second-order valence-corrected chi connectivity index (χ2v) is 11.6. The Morgan fingerprint density at radius 1 is 0.500 bits per heavy atom. The Balaban J connectivity index is 1.12. The molecular weight excluding hydrogens is 627 g/mol. The lowest BCUT2D eigenvalue weighted by Gasteiger charge is -2.26. The largest absolute Gasteiger partial charge is 0.436 e. The number of para-hydroxylation sites is 2. The number of hydrogen-bond acceptors (Lipinski definition) is 3. The van der Waals surface area contributed by atoms with Crippen LogP contribution in [-0.2, 0) is 0 Å². The molecule has 4 heteroatoms. The maximum atomic E-state index is 5.93. The molecule has 0 unspecified atom stereocenters. The Morgan fingerprint density at radius 3 is 1.45 bits per heavy atom. The van der Waals surface area contributed by atoms with Crippen LogP contribution in [-0.4, -0.2) is 4.98 Å². The Kier molecular flexibility index (Phi) is 7.06. The normalized spacial score (nSPS) is 11.1. The van der Waals surface area contributed by atoms with Gasteiger partial charge in [0.1, 0.15) is 5.52 Å². The van der Waals surface area contributed by atoms with Crippen LogP contribution in [0.5, 0.6) is 0 Å². The molecule has 42 heavy (non-hydrogen) atoms. The molecule has 0 atom stereocenters. The molecule has 0 fully saturated rings. The van der Waals surface area contributed by atoms with E-state index in [1.165, 1.54) is 25.8 Å². The Bertz CT molecular complexity index is 1880. The summed E-state index contributed by atoms with van der Waals surface area (Å²) in [7, 11) is 0. The summed E-state index contributed by atoms with van der Waals surface area (Å²) in [5.74, 6) is 0.643. The molecule has 1 aromatic heterocycles. The zero-order valence-electron chi connectivity index (χ0n) is 23.0. The SMILES string of the molecule is Cc1ccc(N(c2ccc(I)cc2)c2ccc(-c3ccc(-c4ccc(-c5nc6ccccc6o5)cc4)cc3)cc2)cc1. The third kappa shape index (κ3) is 5.33. The van der Waals surface area contributed by atoms with E-state index >= 15 is 0 Å². The predicted octanol–water partition coefficient (Wildman–Crippen LogP) is 11.2. The number of anilines is 3. The molecule has 0 radical (unpaired) electrons. The van der Waals surface area contributed by atoms with Crippen molar-refractivity contribution in [2.24, 2.45) is 0 Å². The number of benzene rings is 6. The fraction of sp³-hybridized carbons (Fsp3) is 0.0263. The van der Waals surface area contributed by atoms with Crippen molar-refractivity contribution >= 4 is 50.8 Å². The van der Waals surface area contributed by atoms with E-state index in [1.54, 1.807) is 0 Å². The van der Waals surface area contributed by atoms with E-state index in [0.717, 1.165) is 39.3 Å². The van der Waals surface area contributed by atoms with Crippen LogP contribution in [0.2, 0.25) is 0 Å². The molecule has 202 valence electrons. The zero-order valence-corrected chi connectivity index (χ0v) is 25.2. The van der Waals surface area contributed by atoms with Crippen molar-refractivity contribution in [2.45, 2.75) is 6.92 Å². The van der Waals surface area contributed by atoms with Gasteiger partial charge in [0.2, 0.25) is 5.89 Å². The van der Waals surface area contributed by atoms with Gasteiger partial charge in [0, 0.05) is 26.2 Å². The Hall–Kier alpha value is -4.68. The second-order valence-electron chi connectivity index (χ2n) is 10.3. The summed E-state index contributed by atoms with van der Waals surface area (Å²) in [5, 5.41) is 0. The number of aromatic nitrogens is 1. The smallest absolute Gasteiger partial charge is 0.227 e. The summed E-state index contributed by atoms with van der Waals surface area (Å²) in [5.41, 5.74) is 12.0. The second kappa shape index (κ2) is 11.3. The van der Waals surface area contributed by atoms with Crippen LogP contribution < -0.4 is 4.90 Å². The third-order valence-electron chi connectivity index (χ3n) is 7.48. The monoisotopic (exact) mass is 654 g/mol. The predicted molar refractivity (Wildman–Crippen MR) is 182 cm³/mol. The van der Waals surface area contributed by atoms with Gasteiger partial charge >= 0.3 is 0 Å². The highest BCUT2D eigenvalue weighted by molar-refractivity contribution is 14.1. The molecule has 0 aliphatic heterocycles. The molecule has 1 heterocycles. The van der Waals surface area contributed by atoms with Crippen LogP contribution in [0.15, 0.2) is 150 Å². The van der Waals surface area contributed by atoms with Crippen molar-refractivity contribution < 1.29 is 4.42 Å². The highest BCUT2D eigenvalue weighted by Gasteiger charge is 2.13. The summed E-state index contributed by atoms with van der Waals surface area (Å²) in [6, 6.07) is 51.1. The molecule has 0 saturated heterocycles. The van der Waals surface area contributed by atoms with Crippen molar-refractivity contribution in [1.82, 2.24) is 4.98 Å². The lowest BCUT2D eigenvalue weighted by atomic mass is 9.99. The lowest BCUT2D eigenvalue weighted by molar-refractivity contribution is 0.620. The van der Waals surface area contributed by atoms with Crippen molar-refractivity contribution in [3.8, 4) is 33.7 Å². The van der Waals surface area contributed by atoms with Crippen LogP contribution in [0.4, 0.5) is 17.1 Å². The third-order valence-corrected chi connectivity index (χ3v) is 8.20. The van der Waals surface area contributed by atoms with Gasteiger partial charge in [0.25, 0.3) is 0 Å². The fourth-order valence-corrected chi connectivity index (χ4v) is 5.55. The topological polar surface area (TPSA) is 29.3 Å². The van der Waals surface area contributed by atoms with E-state index in [9.17, 15) is 0 Å². The summed E-state index contributed by atoms with van der Waals surface area (Å²) in [6.07, 6.45) is 0. The quantitative estimate of drug-likeness (QED) is 0.167. The molecule has 6 aromatic carbocycles. The van der Waals surface area contributed by atoms with E-state index in [2.05, 4.69) is 161 Å². The number of aryl methyl sites for hydroxylation is 1. The standard InChI is InChI=1S/C38H27IN2O/c1-26-6-20-33(21-7-26)41(35-24-18-32(39)19-25-35)34-22-16-30(17-23-34)28-10-8-27(9-11-28)29-12-14-31(15-13-29)38-40-36-4-2-3-5-37(36)42-38/h2-25H,1H3. The number of oxazole rings is 1. The van der Waals surface area contributed by atoms with Crippen molar-refractivity contribution in [1.29, 1.82) is 0 Å². The first kappa shape index (κ1) is 26.2. The number of nitrogens with zero attached hydrogens (tertiary/aromatic N) is 2. The van der Waals surface area contributed by atoms with Crippen LogP contribution in [0.1, 0.15) is 5.56 Å². The number of halogens is 1. The van der Waals surface area contributed by atoms with Crippen molar-refractivity contribution in [2.75, 3.05) is 4.90 Å². The van der Waals surface area contributed by atoms with Crippen LogP contribution >= 0.6 is 22.6 Å². The summed E-state index contributed by atoms with van der Waals surface area (Å²) in [4.78, 5) is 6.92. The average Bonchev–Trinajstić information content (AvgIpc) is 3.48. The Morgan fingerprint density at radius 2 is 0.929 bits per heavy atom. The first-order chi connectivity index (χ1) is 20.6. The number of fused-ring (bicyclic) bond motifs is 1. The molecule has 0 aliphatic rings. The molecular formula is C38H27IN2O. The van der Waals surface area contributed by atoms with E-state index in [4.69, 9.17) is 4.42 Å². The molecule has 0 saturated carbocycles. The summed E-state index contributed by atoms with van der Waals surface area (Å²) < 4.78 is 7.15. The zero-order chi connectivity index (χ0) is 28.5. The minimum Gasteiger partial charge on any atom is -0.436 e. The molecule has 0 amide bonds. The van der Waals surface area contributed by atoms with Gasteiger partial charge in [0.05, 0.1) is 0 Å². The fourth-order valence-electron chi connectivity index (χ4n) is 5.19. The minimum absolute atomic E-state index is 0.643. The minimum atomic E-state index is 0.643. The molecule has 7 rings (SSSR count). The van der Waals surface area contributed by atoms with Gasteiger partial charge in [-0.15, -0.1) is 0 Å². The van der Waals surface area contributed by atoms with E-state index in [1.807, 2.05) is 24.3 Å². The maximum absolute atomic E-state index is 5.93.